The van der Waals surface area contributed by atoms with E-state index in [0.29, 0.717) is 0 Å². The van der Waals surface area contributed by atoms with Crippen molar-refractivity contribution in [1.82, 2.24) is 9.55 Å². The van der Waals surface area contributed by atoms with E-state index in [9.17, 15) is 23.4 Å². The predicted octanol–water partition coefficient (Wildman–Crippen LogP) is 0.589. The predicted molar refractivity (Wildman–Crippen MR) is 71.5 cm³/mol. The lowest BCUT2D eigenvalue weighted by Gasteiger charge is -2.07. The lowest BCUT2D eigenvalue weighted by molar-refractivity contribution is 0.363. The first-order valence-corrected chi connectivity index (χ1v) is 7.86. The maximum atomic E-state index is 13.0. The van der Waals surface area contributed by atoms with E-state index < -0.39 is 33.7 Å². The number of rotatable bonds is 7. The van der Waals surface area contributed by atoms with Gasteiger partial charge in [0.15, 0.2) is 9.03 Å². The van der Waals surface area contributed by atoms with E-state index in [4.69, 9.17) is 0 Å². The van der Waals surface area contributed by atoms with Gasteiger partial charge in [0, 0.05) is 13.7 Å². The zero-order valence-electron chi connectivity index (χ0n) is 10.4. The summed E-state index contributed by atoms with van der Waals surface area (Å²) < 4.78 is 34.3. The second-order valence-corrected chi connectivity index (χ2v) is 6.50. The second-order valence-electron chi connectivity index (χ2n) is 3.56. The molecule has 2 unspecified atom stereocenters. The van der Waals surface area contributed by atoms with E-state index in [2.05, 4.69) is 8.83 Å². The summed E-state index contributed by atoms with van der Waals surface area (Å²) in [7, 11) is -3.00. The molecule has 1 heterocycles. The molecule has 8 nitrogen and oxygen atoms in total. The van der Waals surface area contributed by atoms with Crippen molar-refractivity contribution in [2.24, 2.45) is 0 Å². The molecule has 0 fully saturated rings. The van der Waals surface area contributed by atoms with Crippen LogP contribution in [0, 0.1) is 5.82 Å². The molecule has 0 saturated carbocycles. The number of halogens is 1. The summed E-state index contributed by atoms with van der Waals surface area (Å²) in [6, 6.07) is 0. The van der Waals surface area contributed by atoms with Gasteiger partial charge < -0.3 is 9.42 Å². The van der Waals surface area contributed by atoms with Gasteiger partial charge in [0.1, 0.15) is 0 Å². The maximum Gasteiger partial charge on any atom is 0.336 e. The van der Waals surface area contributed by atoms with Gasteiger partial charge in [-0.2, -0.15) is 4.39 Å². The van der Waals surface area contributed by atoms with Crippen LogP contribution in [0.5, 0.6) is 0 Å². The van der Waals surface area contributed by atoms with Crippen LogP contribution >= 0.6 is 16.6 Å². The molecule has 1 aromatic rings. The number of hydrogen-bond acceptors (Lipinski definition) is 5. The number of aromatic amines is 1. The third-order valence-electron chi connectivity index (χ3n) is 2.04. The Hall–Kier alpha value is -1.11. The number of hydrogen-bond donors (Lipinski definition) is 2. The number of nitrogens with zero attached hydrogens (tertiary/aromatic N) is 1. The summed E-state index contributed by atoms with van der Waals surface area (Å²) in [4.78, 5) is 33.2. The van der Waals surface area contributed by atoms with Gasteiger partial charge in [-0.1, -0.05) is 12.2 Å². The van der Waals surface area contributed by atoms with E-state index in [-0.39, 0.29) is 12.7 Å². The summed E-state index contributed by atoms with van der Waals surface area (Å²) in [6.45, 7) is -0.0565. The minimum absolute atomic E-state index is 0.0565. The molecule has 20 heavy (non-hydrogen) atoms. The molecule has 0 amide bonds. The number of H-pyrrole nitrogens is 1. The van der Waals surface area contributed by atoms with Crippen LogP contribution in [0.1, 0.15) is 0 Å². The van der Waals surface area contributed by atoms with Crippen molar-refractivity contribution in [3.8, 4) is 0 Å². The average Bonchev–Trinajstić information content (AvgIpc) is 2.38. The lowest BCUT2D eigenvalue weighted by Crippen LogP contribution is -2.31. The molecular weight excluding hydrogens is 313 g/mol. The third kappa shape index (κ3) is 5.48. The van der Waals surface area contributed by atoms with Crippen LogP contribution in [0.2, 0.25) is 0 Å². The standard InChI is InChI=1S/C9H13FN2O6P2/c1-17-19-18-20(15,16)5-3-2-4-12-6-7(10)8(13)11-9(12)14/h2-3,6,19H,4-5H2,1H3,(H,15,16)(H,11,13,14)/b3-2+. The first-order chi connectivity index (χ1) is 9.35. The Labute approximate surface area is 114 Å². The fourth-order valence-corrected chi connectivity index (χ4v) is 2.62. The molecule has 1 aromatic heterocycles. The molecule has 2 N–H and O–H groups in total. The van der Waals surface area contributed by atoms with Gasteiger partial charge in [-0.3, -0.25) is 23.2 Å². The zero-order valence-corrected chi connectivity index (χ0v) is 12.3. The molecule has 1 rings (SSSR count). The Morgan fingerprint density at radius 1 is 1.55 bits per heavy atom. The van der Waals surface area contributed by atoms with Crippen molar-refractivity contribution in [2.45, 2.75) is 6.54 Å². The van der Waals surface area contributed by atoms with Crippen molar-refractivity contribution in [3.63, 3.8) is 0 Å². The Morgan fingerprint density at radius 2 is 2.25 bits per heavy atom. The minimum Gasteiger partial charge on any atom is -0.339 e. The Bertz CT molecular complexity index is 640. The van der Waals surface area contributed by atoms with E-state index in [1.54, 1.807) is 4.98 Å². The Morgan fingerprint density at radius 3 is 2.90 bits per heavy atom. The fourth-order valence-electron chi connectivity index (χ4n) is 1.15. The van der Waals surface area contributed by atoms with Crippen LogP contribution < -0.4 is 11.2 Å². The normalized spacial score (nSPS) is 15.2. The van der Waals surface area contributed by atoms with E-state index in [1.807, 2.05) is 0 Å². The fraction of sp³-hybridized carbons (Fsp3) is 0.333. The maximum absolute atomic E-state index is 13.0. The molecule has 0 bridgehead atoms. The smallest absolute Gasteiger partial charge is 0.336 e. The molecule has 0 aromatic carbocycles. The summed E-state index contributed by atoms with van der Waals surface area (Å²) in [5, 5.41) is 0. The topological polar surface area (TPSA) is 111 Å². The lowest BCUT2D eigenvalue weighted by atomic mass is 10.5. The molecule has 0 aliphatic rings. The highest BCUT2D eigenvalue weighted by Gasteiger charge is 2.16. The van der Waals surface area contributed by atoms with Crippen molar-refractivity contribution < 1.29 is 22.7 Å². The van der Waals surface area contributed by atoms with Crippen molar-refractivity contribution >= 4 is 16.6 Å². The van der Waals surface area contributed by atoms with Gasteiger partial charge in [0.25, 0.3) is 5.56 Å². The molecule has 0 spiro atoms. The first-order valence-electron chi connectivity index (χ1n) is 5.28. The molecular formula is C9H13FN2O6P2. The van der Waals surface area contributed by atoms with Crippen LogP contribution in [0.25, 0.3) is 0 Å². The molecule has 2 atom stereocenters. The van der Waals surface area contributed by atoms with Crippen molar-refractivity contribution in [3.05, 3.63) is 45.0 Å². The number of nitrogens with one attached hydrogen (secondary N) is 1. The SMILES string of the molecule is COPOP(=O)(O)C/C=C/Cn1cc(F)c(=O)[nH]c1=O. The van der Waals surface area contributed by atoms with Gasteiger partial charge in [-0.25, -0.2) is 4.79 Å². The Kier molecular flexibility index (Phi) is 6.45. The van der Waals surface area contributed by atoms with Crippen molar-refractivity contribution in [2.75, 3.05) is 13.3 Å². The van der Waals surface area contributed by atoms with Gasteiger partial charge >= 0.3 is 13.3 Å². The van der Waals surface area contributed by atoms with Crippen LogP contribution in [0.4, 0.5) is 4.39 Å². The molecule has 0 aliphatic heterocycles. The molecule has 0 radical (unpaired) electrons. The quantitative estimate of drug-likeness (QED) is 0.560. The summed E-state index contributed by atoms with van der Waals surface area (Å²) in [5.41, 5.74) is -1.87. The largest absolute Gasteiger partial charge is 0.339 e. The third-order valence-corrected chi connectivity index (χ3v) is 4.31. The summed E-state index contributed by atoms with van der Waals surface area (Å²) in [6.07, 6.45) is 3.18. The van der Waals surface area contributed by atoms with E-state index in [1.165, 1.54) is 19.3 Å². The monoisotopic (exact) mass is 326 g/mol. The summed E-state index contributed by atoms with van der Waals surface area (Å²) in [5.74, 6) is -1.09. The second kappa shape index (κ2) is 7.61. The van der Waals surface area contributed by atoms with Gasteiger partial charge in [-0.05, 0) is 0 Å². The highest BCUT2D eigenvalue weighted by molar-refractivity contribution is 7.58. The molecule has 112 valence electrons. The number of allylic oxidation sites excluding steroid dienone is 2. The average molecular weight is 326 g/mol. The van der Waals surface area contributed by atoms with Crippen LogP contribution in [-0.2, 0) is 19.9 Å². The van der Waals surface area contributed by atoms with Crippen LogP contribution in [0.3, 0.4) is 0 Å². The molecule has 11 heteroatoms. The zero-order chi connectivity index (χ0) is 15.2. The summed E-state index contributed by atoms with van der Waals surface area (Å²) >= 11 is 0. The van der Waals surface area contributed by atoms with Crippen LogP contribution in [-0.4, -0.2) is 27.7 Å². The highest BCUT2D eigenvalue weighted by Crippen LogP contribution is 2.48. The van der Waals surface area contributed by atoms with Crippen molar-refractivity contribution in [1.29, 1.82) is 0 Å². The number of aromatic nitrogens is 2. The van der Waals surface area contributed by atoms with Gasteiger partial charge in [0.05, 0.1) is 12.4 Å². The van der Waals surface area contributed by atoms with E-state index >= 15 is 0 Å². The molecule has 0 aliphatic carbocycles. The minimum atomic E-state index is -3.78. The molecule has 0 saturated heterocycles. The van der Waals surface area contributed by atoms with Crippen LogP contribution in [0.15, 0.2) is 27.9 Å². The Balaban J connectivity index is 2.62. The van der Waals surface area contributed by atoms with E-state index in [0.717, 1.165) is 10.8 Å². The highest BCUT2D eigenvalue weighted by atomic mass is 31.2. The van der Waals surface area contributed by atoms with Gasteiger partial charge in [-0.15, -0.1) is 0 Å². The van der Waals surface area contributed by atoms with Gasteiger partial charge in [0.2, 0.25) is 5.82 Å². The first kappa shape index (κ1) is 16.9.